The molecule has 2 atom stereocenters. The maximum absolute atomic E-state index is 3.73. The van der Waals surface area contributed by atoms with Crippen LogP contribution < -0.4 is 5.32 Å². The van der Waals surface area contributed by atoms with Gasteiger partial charge in [0.1, 0.15) is 0 Å². The Kier molecular flexibility index (Phi) is 4.45. The molecule has 3 nitrogen and oxygen atoms in total. The second-order valence-electron chi connectivity index (χ2n) is 7.33. The van der Waals surface area contributed by atoms with Crippen LogP contribution in [0.5, 0.6) is 0 Å². The molecule has 0 bridgehead atoms. The Labute approximate surface area is 118 Å². The van der Waals surface area contributed by atoms with Crippen LogP contribution in [0.25, 0.3) is 0 Å². The van der Waals surface area contributed by atoms with Crippen molar-refractivity contribution >= 4 is 0 Å². The summed E-state index contributed by atoms with van der Waals surface area (Å²) in [5.74, 6) is 1.89. The zero-order chi connectivity index (χ0) is 13.2. The van der Waals surface area contributed by atoms with Crippen LogP contribution in [0.4, 0.5) is 0 Å². The van der Waals surface area contributed by atoms with Crippen LogP contribution in [0, 0.1) is 11.8 Å². The fraction of sp³-hybridized carbons (Fsp3) is 1.00. The highest BCUT2D eigenvalue weighted by Gasteiger charge is 2.37. The van der Waals surface area contributed by atoms with Gasteiger partial charge in [-0.3, -0.25) is 0 Å². The molecule has 3 fully saturated rings. The van der Waals surface area contributed by atoms with Crippen LogP contribution in [-0.2, 0) is 0 Å². The third-order valence-electron chi connectivity index (χ3n) is 5.36. The van der Waals surface area contributed by atoms with Crippen molar-refractivity contribution < 1.29 is 0 Å². The molecule has 19 heavy (non-hydrogen) atoms. The summed E-state index contributed by atoms with van der Waals surface area (Å²) in [7, 11) is 4.41. The molecule has 0 aromatic carbocycles. The average molecular weight is 265 g/mol. The van der Waals surface area contributed by atoms with E-state index in [1.165, 1.54) is 64.7 Å². The molecule has 2 aliphatic carbocycles. The smallest absolute Gasteiger partial charge is 0.0136 e. The van der Waals surface area contributed by atoms with Crippen molar-refractivity contribution in [2.75, 3.05) is 40.3 Å². The van der Waals surface area contributed by atoms with E-state index in [4.69, 9.17) is 0 Å². The zero-order valence-corrected chi connectivity index (χ0v) is 12.8. The van der Waals surface area contributed by atoms with Gasteiger partial charge in [-0.1, -0.05) is 0 Å². The predicted octanol–water partition coefficient (Wildman–Crippen LogP) is 1.79. The number of hydrogen-bond donors (Lipinski definition) is 1. The van der Waals surface area contributed by atoms with Crippen molar-refractivity contribution in [1.82, 2.24) is 15.1 Å². The molecule has 1 N–H and O–H groups in total. The molecule has 0 aromatic heterocycles. The Morgan fingerprint density at radius 1 is 1.00 bits per heavy atom. The van der Waals surface area contributed by atoms with Crippen LogP contribution in [0.1, 0.15) is 38.5 Å². The minimum Gasteiger partial charge on any atom is -0.314 e. The highest BCUT2D eigenvalue weighted by molar-refractivity contribution is 4.93. The minimum atomic E-state index is 0.882. The van der Waals surface area contributed by atoms with E-state index in [-0.39, 0.29) is 0 Å². The monoisotopic (exact) mass is 265 g/mol. The van der Waals surface area contributed by atoms with Gasteiger partial charge in [-0.2, -0.15) is 0 Å². The Morgan fingerprint density at radius 2 is 1.74 bits per heavy atom. The van der Waals surface area contributed by atoms with E-state index in [0.717, 1.165) is 23.9 Å². The van der Waals surface area contributed by atoms with Gasteiger partial charge in [0.15, 0.2) is 0 Å². The molecular formula is C16H31N3. The molecule has 1 aliphatic heterocycles. The summed E-state index contributed by atoms with van der Waals surface area (Å²) in [6.45, 7) is 5.27. The molecule has 3 heteroatoms. The molecule has 3 rings (SSSR count). The molecular weight excluding hydrogens is 234 g/mol. The van der Waals surface area contributed by atoms with E-state index >= 15 is 0 Å². The van der Waals surface area contributed by atoms with E-state index in [9.17, 15) is 0 Å². The number of hydrogen-bond acceptors (Lipinski definition) is 3. The van der Waals surface area contributed by atoms with E-state index in [1.54, 1.807) is 0 Å². The van der Waals surface area contributed by atoms with Gasteiger partial charge in [0.05, 0.1) is 0 Å². The fourth-order valence-corrected chi connectivity index (χ4v) is 3.86. The topological polar surface area (TPSA) is 18.5 Å². The van der Waals surface area contributed by atoms with Crippen LogP contribution in [0.3, 0.4) is 0 Å². The summed E-state index contributed by atoms with van der Waals surface area (Å²) >= 11 is 0. The Bertz CT molecular complexity index is 280. The maximum Gasteiger partial charge on any atom is 0.0136 e. The molecule has 2 saturated carbocycles. The second-order valence-corrected chi connectivity index (χ2v) is 7.33. The Morgan fingerprint density at radius 3 is 2.26 bits per heavy atom. The summed E-state index contributed by atoms with van der Waals surface area (Å²) in [6.07, 6.45) is 8.59. The third-order valence-corrected chi connectivity index (χ3v) is 5.36. The van der Waals surface area contributed by atoms with Crippen LogP contribution in [0.15, 0.2) is 0 Å². The van der Waals surface area contributed by atoms with Crippen LogP contribution in [-0.4, -0.2) is 62.2 Å². The van der Waals surface area contributed by atoms with Gasteiger partial charge < -0.3 is 15.1 Å². The molecule has 1 saturated heterocycles. The minimum absolute atomic E-state index is 0.882. The number of likely N-dealkylation sites (tertiary alicyclic amines) is 1. The lowest BCUT2D eigenvalue weighted by Gasteiger charge is -2.47. The number of nitrogens with one attached hydrogen (secondary N) is 1. The Balaban J connectivity index is 1.38. The summed E-state index contributed by atoms with van der Waals surface area (Å²) in [4.78, 5) is 5.15. The fourth-order valence-electron chi connectivity index (χ4n) is 3.86. The van der Waals surface area contributed by atoms with Gasteiger partial charge in [0, 0.05) is 18.6 Å². The lowest BCUT2D eigenvalue weighted by Crippen LogP contribution is -2.53. The van der Waals surface area contributed by atoms with Gasteiger partial charge in [0.2, 0.25) is 0 Å². The predicted molar refractivity (Wildman–Crippen MR) is 80.4 cm³/mol. The summed E-state index contributed by atoms with van der Waals surface area (Å²) in [5.41, 5.74) is 0. The van der Waals surface area contributed by atoms with Crippen molar-refractivity contribution in [3.8, 4) is 0 Å². The largest absolute Gasteiger partial charge is 0.314 e. The molecule has 2 unspecified atom stereocenters. The van der Waals surface area contributed by atoms with Crippen molar-refractivity contribution in [1.29, 1.82) is 0 Å². The number of nitrogens with zero attached hydrogens (tertiary/aromatic N) is 2. The molecule has 110 valence electrons. The zero-order valence-electron chi connectivity index (χ0n) is 12.8. The van der Waals surface area contributed by atoms with Gasteiger partial charge in [-0.25, -0.2) is 0 Å². The standard InChI is InChI=1S/C16H31N3/c1-18(2)12-13-7-9-19(10-8-13)16-6-3-14(16)11-17-15-4-5-15/h13-17H,3-12H2,1-2H3. The summed E-state index contributed by atoms with van der Waals surface area (Å²) < 4.78 is 0. The summed E-state index contributed by atoms with van der Waals surface area (Å²) in [6, 6.07) is 1.79. The van der Waals surface area contributed by atoms with Gasteiger partial charge >= 0.3 is 0 Å². The first-order valence-electron chi connectivity index (χ1n) is 8.34. The molecule has 3 aliphatic rings. The third kappa shape index (κ3) is 3.71. The van der Waals surface area contributed by atoms with Gasteiger partial charge in [-0.05, 0) is 84.1 Å². The van der Waals surface area contributed by atoms with Gasteiger partial charge in [-0.15, -0.1) is 0 Å². The van der Waals surface area contributed by atoms with Crippen molar-refractivity contribution in [2.45, 2.75) is 50.6 Å². The van der Waals surface area contributed by atoms with E-state index in [1.807, 2.05) is 0 Å². The lowest BCUT2D eigenvalue weighted by atomic mass is 9.77. The molecule has 0 spiro atoms. The first-order valence-corrected chi connectivity index (χ1v) is 8.34. The summed E-state index contributed by atoms with van der Waals surface area (Å²) in [5, 5.41) is 3.73. The highest BCUT2D eigenvalue weighted by Crippen LogP contribution is 2.35. The Hall–Kier alpha value is -0.120. The van der Waals surface area contributed by atoms with Crippen LogP contribution in [0.2, 0.25) is 0 Å². The molecule has 0 aromatic rings. The maximum atomic E-state index is 3.73. The normalized spacial score (nSPS) is 33.6. The first-order chi connectivity index (χ1) is 9.22. The molecule has 0 amide bonds. The first kappa shape index (κ1) is 13.8. The van der Waals surface area contributed by atoms with Crippen molar-refractivity contribution in [3.05, 3.63) is 0 Å². The quantitative estimate of drug-likeness (QED) is 0.790. The van der Waals surface area contributed by atoms with Crippen molar-refractivity contribution in [2.24, 2.45) is 11.8 Å². The average Bonchev–Trinajstić information content (AvgIpc) is 3.14. The number of rotatable bonds is 6. The van der Waals surface area contributed by atoms with Crippen LogP contribution >= 0.6 is 0 Å². The SMILES string of the molecule is CN(C)CC1CCN(C2CCC2CNC2CC2)CC1. The van der Waals surface area contributed by atoms with E-state index in [2.05, 4.69) is 29.2 Å². The van der Waals surface area contributed by atoms with E-state index < -0.39 is 0 Å². The van der Waals surface area contributed by atoms with E-state index in [0.29, 0.717) is 0 Å². The highest BCUT2D eigenvalue weighted by atomic mass is 15.2. The van der Waals surface area contributed by atoms with Crippen molar-refractivity contribution in [3.63, 3.8) is 0 Å². The van der Waals surface area contributed by atoms with Gasteiger partial charge in [0.25, 0.3) is 0 Å². The molecule has 1 heterocycles. The second kappa shape index (κ2) is 6.11. The number of piperidine rings is 1. The molecule has 0 radical (unpaired) electrons. The lowest BCUT2D eigenvalue weighted by molar-refractivity contribution is 0.0309.